The van der Waals surface area contributed by atoms with E-state index in [1.54, 1.807) is 0 Å². The van der Waals surface area contributed by atoms with Crippen LogP contribution in [0.1, 0.15) is 34.7 Å². The summed E-state index contributed by atoms with van der Waals surface area (Å²) < 4.78 is 10.3. The number of thioether (sulfide) groups is 1. The Labute approximate surface area is 129 Å². The van der Waals surface area contributed by atoms with Crippen molar-refractivity contribution in [1.29, 1.82) is 0 Å². The topological polar surface area (TPSA) is 62.9 Å². The van der Waals surface area contributed by atoms with E-state index in [1.807, 2.05) is 31.8 Å². The third-order valence-electron chi connectivity index (χ3n) is 4.26. The molecule has 0 amide bonds. The molecule has 0 radical (unpaired) electrons. The van der Waals surface area contributed by atoms with Crippen LogP contribution in [0, 0.1) is 6.92 Å². The van der Waals surface area contributed by atoms with Crippen LogP contribution in [0.4, 0.5) is 0 Å². The molecule has 2 rings (SSSR count). The highest BCUT2D eigenvalue weighted by Crippen LogP contribution is 2.32. The predicted octanol–water partition coefficient (Wildman–Crippen LogP) is 2.06. The van der Waals surface area contributed by atoms with Crippen LogP contribution in [0.5, 0.6) is 0 Å². The fraction of sp³-hybridized carbons (Fsp3) is 0.667. The number of furan rings is 1. The number of ether oxygens (including phenoxy) is 1. The van der Waals surface area contributed by atoms with Crippen LogP contribution in [0.3, 0.4) is 0 Å². The summed E-state index contributed by atoms with van der Waals surface area (Å²) in [5.41, 5.74) is 0.597. The SMILES string of the molecule is COC(=O)c1oc(CN(C)C2(CO)CCSCC2)cc1C. The standard InChI is InChI=1S/C15H23NO4S/c1-11-8-12(20-13(11)14(18)19-3)9-16(2)15(10-17)4-6-21-7-5-15/h8,17H,4-7,9-10H2,1-3H3. The van der Waals surface area contributed by atoms with E-state index in [0.717, 1.165) is 35.7 Å². The Morgan fingerprint density at radius 2 is 2.19 bits per heavy atom. The lowest BCUT2D eigenvalue weighted by molar-refractivity contribution is 0.0310. The smallest absolute Gasteiger partial charge is 0.374 e. The maximum Gasteiger partial charge on any atom is 0.374 e. The second kappa shape index (κ2) is 6.85. The Morgan fingerprint density at radius 1 is 1.52 bits per heavy atom. The highest BCUT2D eigenvalue weighted by molar-refractivity contribution is 7.99. The summed E-state index contributed by atoms with van der Waals surface area (Å²) >= 11 is 1.93. The molecule has 1 aromatic heterocycles. The molecule has 0 spiro atoms. The van der Waals surface area contributed by atoms with Gasteiger partial charge >= 0.3 is 5.97 Å². The Morgan fingerprint density at radius 3 is 2.76 bits per heavy atom. The maximum atomic E-state index is 11.6. The number of nitrogens with zero attached hydrogens (tertiary/aromatic N) is 1. The molecule has 1 aromatic rings. The summed E-state index contributed by atoms with van der Waals surface area (Å²) in [5, 5.41) is 9.82. The zero-order chi connectivity index (χ0) is 15.5. The number of rotatable bonds is 5. The summed E-state index contributed by atoms with van der Waals surface area (Å²) in [6, 6.07) is 1.87. The zero-order valence-corrected chi connectivity index (χ0v) is 13.7. The molecule has 2 heterocycles. The van der Waals surface area contributed by atoms with Crippen LogP contribution in [-0.2, 0) is 11.3 Å². The van der Waals surface area contributed by atoms with E-state index in [4.69, 9.17) is 9.15 Å². The van der Waals surface area contributed by atoms with Gasteiger partial charge in [-0.25, -0.2) is 4.79 Å². The molecule has 1 N–H and O–H groups in total. The van der Waals surface area contributed by atoms with E-state index in [-0.39, 0.29) is 17.9 Å². The van der Waals surface area contributed by atoms with E-state index in [1.165, 1.54) is 7.11 Å². The fourth-order valence-electron chi connectivity index (χ4n) is 2.73. The van der Waals surface area contributed by atoms with Crippen LogP contribution >= 0.6 is 11.8 Å². The molecule has 6 heteroatoms. The number of carbonyl (C=O) groups is 1. The predicted molar refractivity (Wildman–Crippen MR) is 82.6 cm³/mol. The first-order valence-electron chi connectivity index (χ1n) is 7.10. The van der Waals surface area contributed by atoms with E-state index < -0.39 is 5.97 Å². The molecule has 0 aliphatic carbocycles. The Bertz CT molecular complexity index is 494. The molecule has 118 valence electrons. The third-order valence-corrected chi connectivity index (χ3v) is 5.25. The first-order valence-corrected chi connectivity index (χ1v) is 8.25. The van der Waals surface area contributed by atoms with Crippen LogP contribution < -0.4 is 0 Å². The van der Waals surface area contributed by atoms with Gasteiger partial charge < -0.3 is 14.3 Å². The minimum absolute atomic E-state index is 0.146. The van der Waals surface area contributed by atoms with Crippen molar-refractivity contribution in [3.8, 4) is 0 Å². The van der Waals surface area contributed by atoms with Crippen molar-refractivity contribution in [2.75, 3.05) is 32.3 Å². The van der Waals surface area contributed by atoms with Crippen LogP contribution in [0.15, 0.2) is 10.5 Å². The summed E-state index contributed by atoms with van der Waals surface area (Å²) in [5.74, 6) is 2.66. The van der Waals surface area contributed by atoms with Gasteiger partial charge in [0, 0.05) is 11.1 Å². The second-order valence-corrected chi connectivity index (χ2v) is 6.79. The number of likely N-dealkylation sites (N-methyl/N-ethyl adjacent to an activating group) is 1. The maximum absolute atomic E-state index is 11.6. The number of carbonyl (C=O) groups excluding carboxylic acids is 1. The van der Waals surface area contributed by atoms with E-state index in [9.17, 15) is 9.90 Å². The van der Waals surface area contributed by atoms with Gasteiger partial charge in [0.05, 0.1) is 20.3 Å². The highest BCUT2D eigenvalue weighted by Gasteiger charge is 2.36. The monoisotopic (exact) mass is 313 g/mol. The van der Waals surface area contributed by atoms with Gasteiger partial charge in [-0.05, 0) is 44.4 Å². The first-order chi connectivity index (χ1) is 10.0. The average Bonchev–Trinajstić information content (AvgIpc) is 2.87. The van der Waals surface area contributed by atoms with Gasteiger partial charge in [-0.2, -0.15) is 11.8 Å². The van der Waals surface area contributed by atoms with Crippen molar-refractivity contribution in [2.24, 2.45) is 0 Å². The van der Waals surface area contributed by atoms with Gasteiger partial charge in [0.15, 0.2) is 0 Å². The molecule has 5 nitrogen and oxygen atoms in total. The third kappa shape index (κ3) is 3.44. The van der Waals surface area contributed by atoms with Crippen LogP contribution in [-0.4, -0.2) is 53.8 Å². The summed E-state index contributed by atoms with van der Waals surface area (Å²) in [6.07, 6.45) is 1.93. The molecular weight excluding hydrogens is 290 g/mol. The molecule has 0 saturated carbocycles. The second-order valence-electron chi connectivity index (χ2n) is 5.57. The minimum Gasteiger partial charge on any atom is -0.463 e. The minimum atomic E-state index is -0.452. The molecule has 0 atom stereocenters. The van der Waals surface area contributed by atoms with E-state index in [2.05, 4.69) is 4.90 Å². The van der Waals surface area contributed by atoms with E-state index in [0.29, 0.717) is 6.54 Å². The number of methoxy groups -OCH3 is 1. The summed E-state index contributed by atoms with van der Waals surface area (Å²) in [6.45, 7) is 2.55. The van der Waals surface area contributed by atoms with Crippen molar-refractivity contribution in [3.63, 3.8) is 0 Å². The quantitative estimate of drug-likeness (QED) is 0.840. The number of hydrogen-bond acceptors (Lipinski definition) is 6. The van der Waals surface area contributed by atoms with Crippen molar-refractivity contribution in [3.05, 3.63) is 23.2 Å². The van der Waals surface area contributed by atoms with Gasteiger partial charge in [-0.3, -0.25) is 4.90 Å². The normalized spacial score (nSPS) is 18.0. The molecule has 1 saturated heterocycles. The average molecular weight is 313 g/mol. The van der Waals surface area contributed by atoms with Crippen molar-refractivity contribution < 1.29 is 19.1 Å². The molecule has 1 fully saturated rings. The molecule has 1 aliphatic heterocycles. The Hall–Kier alpha value is -0.980. The Kier molecular flexibility index (Phi) is 5.35. The van der Waals surface area contributed by atoms with Crippen molar-refractivity contribution in [1.82, 2.24) is 4.90 Å². The number of aliphatic hydroxyl groups excluding tert-OH is 1. The zero-order valence-electron chi connectivity index (χ0n) is 12.8. The van der Waals surface area contributed by atoms with Gasteiger partial charge in [0.25, 0.3) is 0 Å². The molecule has 1 aliphatic rings. The number of aliphatic hydroxyl groups is 1. The number of aryl methyl sites for hydroxylation is 1. The summed E-state index contributed by atoms with van der Waals surface area (Å²) in [4.78, 5) is 13.7. The van der Waals surface area contributed by atoms with Gasteiger partial charge in [-0.15, -0.1) is 0 Å². The number of hydrogen-bond donors (Lipinski definition) is 1. The van der Waals surface area contributed by atoms with Crippen molar-refractivity contribution in [2.45, 2.75) is 31.8 Å². The molecular formula is C15H23NO4S. The Balaban J connectivity index is 2.11. The lowest BCUT2D eigenvalue weighted by atomic mass is 9.91. The van der Waals surface area contributed by atoms with Crippen LogP contribution in [0.25, 0.3) is 0 Å². The van der Waals surface area contributed by atoms with Gasteiger partial charge in [0.1, 0.15) is 5.76 Å². The van der Waals surface area contributed by atoms with E-state index >= 15 is 0 Å². The van der Waals surface area contributed by atoms with Gasteiger partial charge in [0.2, 0.25) is 5.76 Å². The van der Waals surface area contributed by atoms with Crippen molar-refractivity contribution >= 4 is 17.7 Å². The number of esters is 1. The molecule has 21 heavy (non-hydrogen) atoms. The fourth-order valence-corrected chi connectivity index (χ4v) is 3.99. The molecule has 0 aromatic carbocycles. The summed E-state index contributed by atoms with van der Waals surface area (Å²) in [7, 11) is 3.35. The lowest BCUT2D eigenvalue weighted by Crippen LogP contribution is -2.51. The highest BCUT2D eigenvalue weighted by atomic mass is 32.2. The first kappa shape index (κ1) is 16.4. The lowest BCUT2D eigenvalue weighted by Gasteiger charge is -2.42. The van der Waals surface area contributed by atoms with Crippen LogP contribution in [0.2, 0.25) is 0 Å². The largest absolute Gasteiger partial charge is 0.463 e. The molecule has 0 bridgehead atoms. The molecule has 0 unspecified atom stereocenters. The van der Waals surface area contributed by atoms with Gasteiger partial charge in [-0.1, -0.05) is 0 Å².